The third kappa shape index (κ3) is 2.72. The van der Waals surface area contributed by atoms with Crippen molar-refractivity contribution < 1.29 is 4.74 Å². The summed E-state index contributed by atoms with van der Waals surface area (Å²) < 4.78 is 9.56. The van der Waals surface area contributed by atoms with Gasteiger partial charge in [-0.2, -0.15) is 0 Å². The van der Waals surface area contributed by atoms with E-state index < -0.39 is 0 Å². The van der Waals surface area contributed by atoms with Gasteiger partial charge in [-0.25, -0.2) is 9.66 Å². The third-order valence-electron chi connectivity index (χ3n) is 4.57. The zero-order chi connectivity index (χ0) is 17.4. The Morgan fingerprint density at radius 1 is 1.08 bits per heavy atom. The van der Waals surface area contributed by atoms with Crippen LogP contribution in [0.15, 0.2) is 24.3 Å². The lowest BCUT2D eigenvalue weighted by Gasteiger charge is -2.39. The minimum absolute atomic E-state index is 0.719. The van der Waals surface area contributed by atoms with Crippen LogP contribution in [0.4, 0.5) is 5.95 Å². The van der Waals surface area contributed by atoms with Gasteiger partial charge in [0.2, 0.25) is 5.95 Å². The first-order valence-electron chi connectivity index (χ1n) is 8.52. The number of methoxy groups -OCH3 is 1. The number of imidazole rings is 1. The van der Waals surface area contributed by atoms with Crippen LogP contribution in [0.3, 0.4) is 0 Å². The van der Waals surface area contributed by atoms with Gasteiger partial charge in [0.05, 0.1) is 11.0 Å². The van der Waals surface area contributed by atoms with Crippen molar-refractivity contribution in [1.29, 1.82) is 0 Å². The number of para-hydroxylation sites is 2. The fraction of sp³-hybridized carbons (Fsp3) is 0.471. The molecule has 0 aliphatic carbocycles. The molecule has 1 aliphatic rings. The Bertz CT molecular complexity index is 865. The first-order chi connectivity index (χ1) is 12.2. The van der Waals surface area contributed by atoms with Crippen LogP contribution in [0, 0.1) is 13.8 Å². The van der Waals surface area contributed by atoms with Crippen LogP contribution in [-0.2, 0) is 11.4 Å². The maximum Gasteiger partial charge on any atom is 0.209 e. The first-order valence-corrected chi connectivity index (χ1v) is 8.52. The molecule has 8 heteroatoms. The number of nitrogens with zero attached hydrogens (tertiary/aromatic N) is 7. The van der Waals surface area contributed by atoms with E-state index in [9.17, 15) is 0 Å². The molecule has 0 spiro atoms. The molecule has 0 saturated carbocycles. The van der Waals surface area contributed by atoms with Crippen LogP contribution in [0.2, 0.25) is 0 Å². The van der Waals surface area contributed by atoms with Crippen molar-refractivity contribution in [2.45, 2.75) is 26.9 Å². The van der Waals surface area contributed by atoms with Crippen molar-refractivity contribution in [2.75, 3.05) is 36.8 Å². The van der Waals surface area contributed by atoms with Gasteiger partial charge in [-0.3, -0.25) is 9.58 Å². The summed E-state index contributed by atoms with van der Waals surface area (Å²) in [6, 6.07) is 8.27. The second-order valence-electron chi connectivity index (χ2n) is 6.33. The van der Waals surface area contributed by atoms with Crippen LogP contribution < -0.4 is 9.91 Å². The van der Waals surface area contributed by atoms with Gasteiger partial charge in [0.1, 0.15) is 25.0 Å². The zero-order valence-electron chi connectivity index (χ0n) is 14.9. The van der Waals surface area contributed by atoms with Crippen molar-refractivity contribution in [1.82, 2.24) is 24.4 Å². The van der Waals surface area contributed by atoms with E-state index in [2.05, 4.69) is 47.5 Å². The van der Waals surface area contributed by atoms with Crippen LogP contribution in [0.25, 0.3) is 11.0 Å². The monoisotopic (exact) mass is 341 g/mol. The predicted octanol–water partition coefficient (Wildman–Crippen LogP) is 1.65. The molecule has 3 heterocycles. The highest BCUT2D eigenvalue weighted by Crippen LogP contribution is 2.27. The highest BCUT2D eigenvalue weighted by Gasteiger charge is 2.27. The largest absolute Gasteiger partial charge is 0.385 e. The second kappa shape index (κ2) is 6.36. The van der Waals surface area contributed by atoms with E-state index in [0.717, 1.165) is 61.5 Å². The van der Waals surface area contributed by atoms with Gasteiger partial charge < -0.3 is 9.64 Å². The molecule has 0 unspecified atom stereocenters. The molecule has 1 aromatic carbocycles. The molecule has 0 amide bonds. The molecule has 132 valence electrons. The third-order valence-corrected chi connectivity index (χ3v) is 4.57. The molecule has 1 aliphatic heterocycles. The summed E-state index contributed by atoms with van der Waals surface area (Å²) in [6.07, 6.45) is 0.952. The lowest BCUT2D eigenvalue weighted by molar-refractivity contribution is 0.195. The van der Waals surface area contributed by atoms with Crippen molar-refractivity contribution >= 4 is 17.0 Å². The highest BCUT2D eigenvalue weighted by molar-refractivity contribution is 5.79. The van der Waals surface area contributed by atoms with Crippen LogP contribution in [0.5, 0.6) is 0 Å². The number of anilines is 1. The van der Waals surface area contributed by atoms with Gasteiger partial charge in [-0.1, -0.05) is 12.1 Å². The fourth-order valence-electron chi connectivity index (χ4n) is 3.48. The smallest absolute Gasteiger partial charge is 0.209 e. The van der Waals surface area contributed by atoms with Gasteiger partial charge in [0, 0.05) is 20.3 Å². The molecule has 0 N–H and O–H groups in total. The van der Waals surface area contributed by atoms with Crippen LogP contribution in [0.1, 0.15) is 18.1 Å². The summed E-state index contributed by atoms with van der Waals surface area (Å²) in [4.78, 5) is 7.15. The van der Waals surface area contributed by atoms with Crippen molar-refractivity contribution in [3.8, 4) is 0 Å². The molecule has 0 fully saturated rings. The molecule has 4 rings (SSSR count). The average Bonchev–Trinajstić information content (AvgIpc) is 3.15. The Morgan fingerprint density at radius 3 is 2.60 bits per heavy atom. The van der Waals surface area contributed by atoms with Gasteiger partial charge >= 0.3 is 0 Å². The standard InChI is InChI=1S/C17H23N7O/c1-13-19-20-14(2)24(13)22-11-21(9-6-10-25-3)17-18-15-7-4-5-8-16(15)23(17)12-22/h4-5,7-8H,6,9-12H2,1-3H3. The number of rotatable bonds is 5. The Morgan fingerprint density at radius 2 is 1.84 bits per heavy atom. The lowest BCUT2D eigenvalue weighted by Crippen LogP contribution is -2.51. The van der Waals surface area contributed by atoms with E-state index in [4.69, 9.17) is 9.72 Å². The molecule has 8 nitrogen and oxygen atoms in total. The van der Waals surface area contributed by atoms with Gasteiger partial charge in [0.15, 0.2) is 0 Å². The molecule has 2 aromatic heterocycles. The summed E-state index contributed by atoms with van der Waals surface area (Å²) >= 11 is 0. The van der Waals surface area contributed by atoms with Crippen molar-refractivity contribution in [3.05, 3.63) is 35.9 Å². The second-order valence-corrected chi connectivity index (χ2v) is 6.33. The molecule has 25 heavy (non-hydrogen) atoms. The Labute approximate surface area is 146 Å². The number of aryl methyl sites for hydroxylation is 2. The summed E-state index contributed by atoms with van der Waals surface area (Å²) in [5, 5.41) is 10.7. The van der Waals surface area contributed by atoms with Crippen LogP contribution >= 0.6 is 0 Å². The summed E-state index contributed by atoms with van der Waals surface area (Å²) in [5.41, 5.74) is 2.16. The Kier molecular flexibility index (Phi) is 4.04. The number of fused-ring (bicyclic) bond motifs is 3. The molecule has 3 aromatic rings. The van der Waals surface area contributed by atoms with Crippen molar-refractivity contribution in [3.63, 3.8) is 0 Å². The number of aromatic nitrogens is 5. The number of hydrogen-bond acceptors (Lipinski definition) is 6. The molecule has 0 saturated heterocycles. The Balaban J connectivity index is 1.75. The normalized spacial score (nSPS) is 14.4. The minimum atomic E-state index is 0.719. The number of benzene rings is 1. The lowest BCUT2D eigenvalue weighted by atomic mass is 10.3. The molecule has 0 bridgehead atoms. The van der Waals surface area contributed by atoms with Gasteiger partial charge in [0.25, 0.3) is 0 Å². The van der Waals surface area contributed by atoms with E-state index in [0.29, 0.717) is 0 Å². The van der Waals surface area contributed by atoms with Gasteiger partial charge in [-0.05, 0) is 32.4 Å². The predicted molar refractivity (Wildman–Crippen MR) is 96.2 cm³/mol. The maximum absolute atomic E-state index is 5.22. The molecule has 0 radical (unpaired) electrons. The maximum atomic E-state index is 5.22. The number of ether oxygens (including phenoxy) is 1. The molecule has 0 atom stereocenters. The van der Waals surface area contributed by atoms with Gasteiger partial charge in [-0.15, -0.1) is 10.2 Å². The minimum Gasteiger partial charge on any atom is -0.385 e. The topological polar surface area (TPSA) is 64.2 Å². The van der Waals surface area contributed by atoms with E-state index in [1.54, 1.807) is 7.11 Å². The Hall–Kier alpha value is -2.61. The average molecular weight is 341 g/mol. The van der Waals surface area contributed by atoms with E-state index >= 15 is 0 Å². The summed E-state index contributed by atoms with van der Waals surface area (Å²) in [7, 11) is 1.74. The van der Waals surface area contributed by atoms with Crippen molar-refractivity contribution in [2.24, 2.45) is 0 Å². The fourth-order valence-corrected chi connectivity index (χ4v) is 3.48. The SMILES string of the molecule is COCCCN1CN(n2c(C)nnc2C)Cn2c1nc1ccccc12. The highest BCUT2D eigenvalue weighted by atomic mass is 16.5. The van der Waals surface area contributed by atoms with E-state index in [-0.39, 0.29) is 0 Å². The quantitative estimate of drug-likeness (QED) is 0.658. The molecular formula is C17H23N7O. The summed E-state index contributed by atoms with van der Waals surface area (Å²) in [5.74, 6) is 2.79. The molecular weight excluding hydrogens is 318 g/mol. The van der Waals surface area contributed by atoms with E-state index in [1.807, 2.05) is 19.9 Å². The zero-order valence-corrected chi connectivity index (χ0v) is 14.9. The van der Waals surface area contributed by atoms with E-state index in [1.165, 1.54) is 0 Å². The number of hydrogen-bond donors (Lipinski definition) is 0. The first kappa shape index (κ1) is 15.9. The summed E-state index contributed by atoms with van der Waals surface area (Å²) in [6.45, 7) is 7.05. The van der Waals surface area contributed by atoms with Crippen LogP contribution in [-0.4, -0.2) is 51.4 Å².